The quantitative estimate of drug-likeness (QED) is 0.313. The van der Waals surface area contributed by atoms with Crippen LogP contribution >= 0.6 is 34.9 Å². The Hall–Kier alpha value is -2.55. The van der Waals surface area contributed by atoms with E-state index in [-0.39, 0.29) is 11.2 Å². The maximum atomic E-state index is 12.9. The molecule has 1 unspecified atom stereocenters. The van der Waals surface area contributed by atoms with Crippen LogP contribution in [0.15, 0.2) is 93.4 Å². The van der Waals surface area contributed by atoms with E-state index in [1.165, 1.54) is 16.6 Å². The van der Waals surface area contributed by atoms with Crippen molar-refractivity contribution in [3.8, 4) is 0 Å². The molecule has 2 aromatic carbocycles. The summed E-state index contributed by atoms with van der Waals surface area (Å²) in [5.41, 5.74) is 0.813. The smallest absolute Gasteiger partial charge is 0.237 e. The van der Waals surface area contributed by atoms with Gasteiger partial charge in [0.25, 0.3) is 0 Å². The normalized spacial score (nSPS) is 11.9. The zero-order valence-corrected chi connectivity index (χ0v) is 19.4. The van der Waals surface area contributed by atoms with Crippen LogP contribution in [0.5, 0.6) is 0 Å². The van der Waals surface area contributed by atoms with Crippen LogP contribution in [0.1, 0.15) is 11.8 Å². The lowest BCUT2D eigenvalue weighted by molar-refractivity contribution is -0.115. The van der Waals surface area contributed by atoms with E-state index in [9.17, 15) is 4.79 Å². The second-order valence-corrected chi connectivity index (χ2v) is 10.3. The molecule has 2 aromatic heterocycles. The van der Waals surface area contributed by atoms with Crippen LogP contribution in [-0.2, 0) is 17.8 Å². The van der Waals surface area contributed by atoms with Crippen molar-refractivity contribution in [2.75, 3.05) is 5.32 Å². The highest BCUT2D eigenvalue weighted by molar-refractivity contribution is 8.00. The topological polar surface area (TPSA) is 59.8 Å². The van der Waals surface area contributed by atoms with Gasteiger partial charge in [-0.25, -0.2) is 0 Å². The van der Waals surface area contributed by atoms with E-state index in [1.807, 2.05) is 54.0 Å². The third-order valence-corrected chi connectivity index (χ3v) is 7.64. The van der Waals surface area contributed by atoms with Gasteiger partial charge in [-0.05, 0) is 49.1 Å². The van der Waals surface area contributed by atoms with Gasteiger partial charge in [0.2, 0.25) is 5.91 Å². The van der Waals surface area contributed by atoms with Crippen molar-refractivity contribution in [3.63, 3.8) is 0 Å². The summed E-state index contributed by atoms with van der Waals surface area (Å²) in [4.78, 5) is 16.4. The molecule has 0 saturated heterocycles. The van der Waals surface area contributed by atoms with Crippen LogP contribution in [0.4, 0.5) is 5.69 Å². The number of benzene rings is 2. The maximum absolute atomic E-state index is 12.9. The fraction of sp³-hybridized carbons (Fsp3) is 0.174. The van der Waals surface area contributed by atoms with Gasteiger partial charge in [-0.2, -0.15) is 0 Å². The van der Waals surface area contributed by atoms with Gasteiger partial charge >= 0.3 is 0 Å². The minimum Gasteiger partial charge on any atom is -0.324 e. The number of anilines is 1. The molecular formula is C23H22N4OS3. The third kappa shape index (κ3) is 6.00. The van der Waals surface area contributed by atoms with Gasteiger partial charge in [-0.15, -0.1) is 21.5 Å². The van der Waals surface area contributed by atoms with Gasteiger partial charge in [-0.3, -0.25) is 4.79 Å². The highest BCUT2D eigenvalue weighted by Gasteiger charge is 2.19. The van der Waals surface area contributed by atoms with Crippen LogP contribution in [0, 0.1) is 0 Å². The number of carbonyl (C=O) groups is 1. The van der Waals surface area contributed by atoms with Crippen LogP contribution in [-0.4, -0.2) is 25.9 Å². The summed E-state index contributed by atoms with van der Waals surface area (Å²) in [6.07, 6.45) is 2.65. The molecule has 0 fully saturated rings. The second kappa shape index (κ2) is 10.7. The highest BCUT2D eigenvalue weighted by atomic mass is 32.2. The first-order valence-electron chi connectivity index (χ1n) is 9.88. The lowest BCUT2D eigenvalue weighted by Crippen LogP contribution is -2.23. The van der Waals surface area contributed by atoms with E-state index >= 15 is 0 Å². The molecule has 31 heavy (non-hydrogen) atoms. The molecule has 1 N–H and O–H groups in total. The summed E-state index contributed by atoms with van der Waals surface area (Å²) in [7, 11) is 0. The van der Waals surface area contributed by atoms with E-state index in [2.05, 4.69) is 45.2 Å². The van der Waals surface area contributed by atoms with Gasteiger partial charge in [0.15, 0.2) is 5.16 Å². The Morgan fingerprint density at radius 3 is 2.71 bits per heavy atom. The van der Waals surface area contributed by atoms with Gasteiger partial charge in [0, 0.05) is 21.2 Å². The molecule has 1 amide bonds. The van der Waals surface area contributed by atoms with Gasteiger partial charge in [0.05, 0.1) is 10.9 Å². The molecule has 4 rings (SSSR count). The van der Waals surface area contributed by atoms with Crippen LogP contribution in [0.3, 0.4) is 0 Å². The summed E-state index contributed by atoms with van der Waals surface area (Å²) in [5, 5.41) is 13.9. The number of thiophene rings is 1. The monoisotopic (exact) mass is 466 g/mol. The van der Waals surface area contributed by atoms with Gasteiger partial charge in [0.1, 0.15) is 6.33 Å². The molecule has 0 radical (unpaired) electrons. The first-order chi connectivity index (χ1) is 15.2. The summed E-state index contributed by atoms with van der Waals surface area (Å²) in [5.74, 6) is -0.0566. The number of aromatic nitrogens is 3. The van der Waals surface area contributed by atoms with Crippen molar-refractivity contribution in [2.45, 2.75) is 40.1 Å². The fourth-order valence-corrected chi connectivity index (χ4v) is 5.37. The van der Waals surface area contributed by atoms with Crippen LogP contribution in [0.25, 0.3) is 0 Å². The van der Waals surface area contributed by atoms with E-state index in [1.54, 1.807) is 29.4 Å². The predicted molar refractivity (Wildman–Crippen MR) is 129 cm³/mol. The molecule has 5 nitrogen and oxygen atoms in total. The minimum absolute atomic E-state index is 0.0566. The molecule has 4 aromatic rings. The van der Waals surface area contributed by atoms with E-state index in [0.717, 1.165) is 33.6 Å². The third-order valence-electron chi connectivity index (χ3n) is 4.53. The maximum Gasteiger partial charge on any atom is 0.237 e. The summed E-state index contributed by atoms with van der Waals surface area (Å²) < 4.78 is 2.01. The molecule has 0 saturated carbocycles. The summed E-state index contributed by atoms with van der Waals surface area (Å²) in [6, 6.07) is 22.2. The van der Waals surface area contributed by atoms with E-state index in [4.69, 9.17) is 0 Å². The molecule has 8 heteroatoms. The SMILES string of the molecule is CC(Sc1nncn1CCc1cccs1)C(=O)Nc1ccccc1Sc1ccccc1. The van der Waals surface area contributed by atoms with Crippen LogP contribution < -0.4 is 5.32 Å². The second-order valence-electron chi connectivity index (χ2n) is 6.80. The largest absolute Gasteiger partial charge is 0.324 e. The average molecular weight is 467 g/mol. The zero-order chi connectivity index (χ0) is 21.5. The standard InChI is InChI=1S/C23H22N4OS3/c1-17(30-23-26-24-16-27(23)14-13-18-10-7-15-29-18)22(28)25-20-11-5-6-12-21(20)31-19-8-3-2-4-9-19/h2-12,15-17H,13-14H2,1H3,(H,25,28). The number of rotatable bonds is 9. The number of carbonyl (C=O) groups excluding carboxylic acids is 1. The molecule has 2 heterocycles. The summed E-state index contributed by atoms with van der Waals surface area (Å²) >= 11 is 4.80. The lowest BCUT2D eigenvalue weighted by Gasteiger charge is -2.14. The zero-order valence-electron chi connectivity index (χ0n) is 17.0. The Bertz CT molecular complexity index is 1110. The number of hydrogen-bond donors (Lipinski definition) is 1. The fourth-order valence-electron chi connectivity index (χ4n) is 2.89. The molecule has 0 aliphatic rings. The molecule has 0 aliphatic carbocycles. The Kier molecular flexibility index (Phi) is 7.45. The van der Waals surface area contributed by atoms with Crippen LogP contribution in [0.2, 0.25) is 0 Å². The van der Waals surface area contributed by atoms with Gasteiger partial charge < -0.3 is 9.88 Å². The molecular weight excluding hydrogens is 444 g/mol. The first kappa shape index (κ1) is 21.7. The first-order valence-corrected chi connectivity index (χ1v) is 12.5. The van der Waals surface area contributed by atoms with E-state index in [0.29, 0.717) is 0 Å². The Morgan fingerprint density at radius 2 is 1.90 bits per heavy atom. The van der Waals surface area contributed by atoms with Crippen molar-refractivity contribution in [1.29, 1.82) is 0 Å². The number of thioether (sulfide) groups is 1. The van der Waals surface area contributed by atoms with E-state index < -0.39 is 0 Å². The number of nitrogens with one attached hydrogen (secondary N) is 1. The number of nitrogens with zero attached hydrogens (tertiary/aromatic N) is 3. The highest BCUT2D eigenvalue weighted by Crippen LogP contribution is 2.33. The lowest BCUT2D eigenvalue weighted by atomic mass is 10.3. The summed E-state index contributed by atoms with van der Waals surface area (Å²) in [6.45, 7) is 2.69. The number of aryl methyl sites for hydroxylation is 2. The number of hydrogen-bond acceptors (Lipinski definition) is 6. The number of amides is 1. The van der Waals surface area contributed by atoms with Crippen molar-refractivity contribution in [3.05, 3.63) is 83.3 Å². The van der Waals surface area contributed by atoms with Gasteiger partial charge in [-0.1, -0.05) is 59.9 Å². The molecule has 0 aliphatic heterocycles. The molecule has 0 bridgehead atoms. The van der Waals surface area contributed by atoms with Crippen molar-refractivity contribution in [2.24, 2.45) is 0 Å². The molecule has 1 atom stereocenters. The minimum atomic E-state index is -0.306. The van der Waals surface area contributed by atoms with Crippen molar-refractivity contribution < 1.29 is 4.79 Å². The Balaban J connectivity index is 1.38. The Morgan fingerprint density at radius 1 is 1.10 bits per heavy atom. The predicted octanol–water partition coefficient (Wildman–Crippen LogP) is 5.85. The van der Waals surface area contributed by atoms with Crippen molar-refractivity contribution in [1.82, 2.24) is 14.8 Å². The van der Waals surface area contributed by atoms with Crippen molar-refractivity contribution >= 4 is 46.5 Å². The number of para-hydroxylation sites is 1. The Labute approximate surface area is 194 Å². The average Bonchev–Trinajstić information content (AvgIpc) is 3.46. The molecule has 158 valence electrons. The molecule has 0 spiro atoms.